The molecule has 0 saturated carbocycles. The molecule has 0 radical (unpaired) electrons. The molecule has 2 unspecified atom stereocenters. The van der Waals surface area contributed by atoms with E-state index < -0.39 is 11.0 Å². The van der Waals surface area contributed by atoms with Crippen LogP contribution in [0.2, 0.25) is 5.02 Å². The first-order valence-corrected chi connectivity index (χ1v) is 10.2. The average Bonchev–Trinajstić information content (AvgIpc) is 3.09. The lowest BCUT2D eigenvalue weighted by molar-refractivity contribution is -0.134. The molecule has 1 amide bonds. The minimum atomic E-state index is -0.969. The smallest absolute Gasteiger partial charge is 0.253 e. The zero-order valence-electron chi connectivity index (χ0n) is 15.7. The Hall–Kier alpha value is -2.17. The van der Waals surface area contributed by atoms with Gasteiger partial charge in [0, 0.05) is 32.4 Å². The highest BCUT2D eigenvalue weighted by Gasteiger charge is 2.68. The number of nitrogens with one attached hydrogen (secondary N) is 2. The first-order chi connectivity index (χ1) is 13.3. The number of rotatable bonds is 1. The van der Waals surface area contributed by atoms with Crippen LogP contribution in [0.1, 0.15) is 25.1 Å². The van der Waals surface area contributed by atoms with Gasteiger partial charge >= 0.3 is 0 Å². The van der Waals surface area contributed by atoms with E-state index in [0.717, 1.165) is 28.6 Å². The highest BCUT2D eigenvalue weighted by Crippen LogP contribution is 2.58. The number of allylic oxidation sites excluding steroid dienone is 2. The monoisotopic (exact) mass is 413 g/mol. The van der Waals surface area contributed by atoms with E-state index in [2.05, 4.69) is 35.6 Å². The number of H-pyrrole nitrogens is 1. The maximum Gasteiger partial charge on any atom is 0.253 e. The Balaban J connectivity index is 1.90. The van der Waals surface area contributed by atoms with E-state index >= 15 is 0 Å². The highest BCUT2D eigenvalue weighted by atomic mass is 35.5. The van der Waals surface area contributed by atoms with E-state index in [1.54, 1.807) is 6.20 Å². The molecule has 5 rings (SSSR count). The molecule has 2 aromatic rings. The number of aromatic amines is 1. The molecule has 3 aliphatic rings. The molecule has 4 nitrogen and oxygen atoms in total. The first kappa shape index (κ1) is 17.9. The number of benzene rings is 1. The van der Waals surface area contributed by atoms with Gasteiger partial charge in [0.15, 0.2) is 5.54 Å². The van der Waals surface area contributed by atoms with Crippen LogP contribution < -0.4 is 5.32 Å². The van der Waals surface area contributed by atoms with Gasteiger partial charge in [0.05, 0.1) is 11.7 Å². The number of fused-ring (bicyclic) bond motifs is 6. The molecule has 2 aliphatic heterocycles. The van der Waals surface area contributed by atoms with Gasteiger partial charge < -0.3 is 15.2 Å². The summed E-state index contributed by atoms with van der Waals surface area (Å²) >= 11 is 12.7. The van der Waals surface area contributed by atoms with Crippen molar-refractivity contribution in [2.75, 3.05) is 0 Å². The zero-order chi connectivity index (χ0) is 19.8. The lowest BCUT2D eigenvalue weighted by atomic mass is 9.62. The summed E-state index contributed by atoms with van der Waals surface area (Å²) in [6, 6.07) is 5.75. The Morgan fingerprint density at radius 3 is 2.89 bits per heavy atom. The van der Waals surface area contributed by atoms with Gasteiger partial charge in [-0.1, -0.05) is 48.9 Å². The van der Waals surface area contributed by atoms with Gasteiger partial charge in [0.2, 0.25) is 0 Å². The van der Waals surface area contributed by atoms with Crippen molar-refractivity contribution in [1.29, 1.82) is 0 Å². The summed E-state index contributed by atoms with van der Waals surface area (Å²) in [6.07, 6.45) is 8.43. The van der Waals surface area contributed by atoms with Crippen LogP contribution in [-0.2, 0) is 16.8 Å². The number of nitrogens with zero attached hydrogens (tertiary/aromatic N) is 1. The second-order valence-corrected chi connectivity index (χ2v) is 9.02. The van der Waals surface area contributed by atoms with Crippen molar-refractivity contribution in [3.8, 4) is 0 Å². The molecule has 28 heavy (non-hydrogen) atoms. The first-order valence-electron chi connectivity index (χ1n) is 9.42. The Labute approximate surface area is 173 Å². The van der Waals surface area contributed by atoms with Crippen LogP contribution >= 0.6 is 23.2 Å². The van der Waals surface area contributed by atoms with Gasteiger partial charge in [0.25, 0.3) is 5.91 Å². The van der Waals surface area contributed by atoms with Crippen LogP contribution in [0.5, 0.6) is 0 Å². The molecular formula is C22H21Cl2N3O. The molecule has 1 spiro atoms. The predicted molar refractivity (Wildman–Crippen MR) is 113 cm³/mol. The van der Waals surface area contributed by atoms with Crippen LogP contribution in [0.3, 0.4) is 0 Å². The normalized spacial score (nSPS) is 33.6. The molecule has 3 heterocycles. The maximum atomic E-state index is 13.7. The average molecular weight is 414 g/mol. The molecule has 1 aromatic carbocycles. The van der Waals surface area contributed by atoms with E-state index in [0.29, 0.717) is 10.1 Å². The Morgan fingerprint density at radius 1 is 1.36 bits per heavy atom. The van der Waals surface area contributed by atoms with E-state index in [-0.39, 0.29) is 18.0 Å². The molecule has 1 aromatic heterocycles. The third-order valence-corrected chi connectivity index (χ3v) is 7.19. The van der Waals surface area contributed by atoms with E-state index in [1.165, 1.54) is 0 Å². The van der Waals surface area contributed by atoms with Gasteiger partial charge in [-0.3, -0.25) is 4.79 Å². The molecule has 144 valence electrons. The molecule has 2 N–H and O–H groups in total. The van der Waals surface area contributed by atoms with Crippen LogP contribution in [0.25, 0.3) is 10.9 Å². The largest absolute Gasteiger partial charge is 0.356 e. The van der Waals surface area contributed by atoms with Crippen molar-refractivity contribution >= 4 is 40.0 Å². The fourth-order valence-electron chi connectivity index (χ4n) is 5.52. The van der Waals surface area contributed by atoms with E-state index in [9.17, 15) is 4.79 Å². The number of aromatic nitrogens is 1. The second-order valence-electron chi connectivity index (χ2n) is 8.14. The topological polar surface area (TPSA) is 48.1 Å². The summed E-state index contributed by atoms with van der Waals surface area (Å²) in [7, 11) is 0. The van der Waals surface area contributed by atoms with Crippen LogP contribution in [0.4, 0.5) is 0 Å². The number of hydrogen-bond donors (Lipinski definition) is 2. The number of halogens is 2. The molecule has 6 heteroatoms. The summed E-state index contributed by atoms with van der Waals surface area (Å²) in [5.41, 5.74) is 1.47. The standard InChI is InChI=1S/C22H21Cl2N3O/c1-4-27-12(2)9-16-15-10-13(23)5-7-17(15)25-19(16)22(27)20(28)26-18-8-6-14(24)11-21(18,22)3/h4-8,10-12,18,25H,1,9H2,2-3H3,(H,26,28)/t12-,18?,21?,22+/m1/s1. The highest BCUT2D eigenvalue weighted by molar-refractivity contribution is 6.31. The van der Waals surface area contributed by atoms with Crippen LogP contribution in [0.15, 0.2) is 54.2 Å². The second kappa shape index (κ2) is 5.68. The molecule has 0 bridgehead atoms. The Bertz CT molecular complexity index is 1100. The summed E-state index contributed by atoms with van der Waals surface area (Å²) in [6.45, 7) is 8.28. The fourth-order valence-corrected chi connectivity index (χ4v) is 5.99. The third-order valence-electron chi connectivity index (χ3n) is 6.71. The fraction of sp³-hybridized carbons (Fsp3) is 0.318. The van der Waals surface area contributed by atoms with Crippen molar-refractivity contribution in [2.45, 2.75) is 37.9 Å². The zero-order valence-corrected chi connectivity index (χ0v) is 17.2. The predicted octanol–water partition coefficient (Wildman–Crippen LogP) is 4.60. The summed E-state index contributed by atoms with van der Waals surface area (Å²) in [5, 5.41) is 5.59. The van der Waals surface area contributed by atoms with Crippen molar-refractivity contribution < 1.29 is 4.79 Å². The molecule has 1 saturated heterocycles. The lowest BCUT2D eigenvalue weighted by Gasteiger charge is -2.53. The van der Waals surface area contributed by atoms with Gasteiger partial charge in [-0.15, -0.1) is 0 Å². The Kier molecular flexibility index (Phi) is 3.63. The van der Waals surface area contributed by atoms with E-state index in [4.69, 9.17) is 23.2 Å². The van der Waals surface area contributed by atoms with Gasteiger partial charge in [-0.25, -0.2) is 0 Å². The number of carbonyl (C=O) groups is 1. The molecular weight excluding hydrogens is 393 g/mol. The van der Waals surface area contributed by atoms with Gasteiger partial charge in [-0.05, 0) is 49.4 Å². The minimum Gasteiger partial charge on any atom is -0.356 e. The van der Waals surface area contributed by atoms with Crippen LogP contribution in [-0.4, -0.2) is 27.9 Å². The number of carbonyl (C=O) groups excluding carboxylic acids is 1. The SMILES string of the molecule is C=CN1[C@H](C)Cc2c([nH]c3ccc(Cl)cc23)[C@@]12C(=O)NC1C=CC(Cl)=CC12C. The summed E-state index contributed by atoms with van der Waals surface area (Å²) in [5.74, 6) is -0.0439. The minimum absolute atomic E-state index is 0.0439. The van der Waals surface area contributed by atoms with Crippen molar-refractivity contribution in [2.24, 2.45) is 5.41 Å². The maximum absolute atomic E-state index is 13.7. The third kappa shape index (κ3) is 1.95. The van der Waals surface area contributed by atoms with Crippen molar-refractivity contribution in [3.05, 3.63) is 70.5 Å². The van der Waals surface area contributed by atoms with Gasteiger partial charge in [-0.2, -0.15) is 0 Å². The quantitative estimate of drug-likeness (QED) is 0.717. The summed E-state index contributed by atoms with van der Waals surface area (Å²) < 4.78 is 0. The Morgan fingerprint density at radius 2 is 2.14 bits per heavy atom. The number of hydrogen-bond acceptors (Lipinski definition) is 2. The van der Waals surface area contributed by atoms with E-state index in [1.807, 2.05) is 36.4 Å². The molecule has 4 atom stereocenters. The van der Waals surface area contributed by atoms with Gasteiger partial charge in [0.1, 0.15) is 0 Å². The van der Waals surface area contributed by atoms with Crippen LogP contribution in [0, 0.1) is 5.41 Å². The molecule has 1 fully saturated rings. The lowest BCUT2D eigenvalue weighted by Crippen LogP contribution is -2.62. The van der Waals surface area contributed by atoms with Crippen molar-refractivity contribution in [1.82, 2.24) is 15.2 Å². The van der Waals surface area contributed by atoms with Crippen molar-refractivity contribution in [3.63, 3.8) is 0 Å². The molecule has 1 aliphatic carbocycles. The number of amides is 1. The summed E-state index contributed by atoms with van der Waals surface area (Å²) in [4.78, 5) is 19.4.